The Labute approximate surface area is 107 Å². The molecule has 2 heteroatoms. The van der Waals surface area contributed by atoms with Crippen molar-refractivity contribution in [3.63, 3.8) is 0 Å². The molecule has 100 valence electrons. The molecule has 0 radical (unpaired) electrons. The van der Waals surface area contributed by atoms with Crippen molar-refractivity contribution < 1.29 is 4.74 Å². The van der Waals surface area contributed by atoms with E-state index in [0.29, 0.717) is 6.10 Å². The Balaban J connectivity index is 2.16. The second-order valence-corrected chi connectivity index (χ2v) is 6.58. The highest BCUT2D eigenvalue weighted by Gasteiger charge is 2.47. The third kappa shape index (κ3) is 2.68. The molecule has 1 saturated heterocycles. The van der Waals surface area contributed by atoms with Gasteiger partial charge in [0.15, 0.2) is 0 Å². The minimum atomic E-state index is 0.130. The second kappa shape index (κ2) is 5.27. The molecule has 0 amide bonds. The fourth-order valence-electron chi connectivity index (χ4n) is 3.94. The van der Waals surface area contributed by atoms with Crippen LogP contribution in [0.15, 0.2) is 0 Å². The zero-order valence-electron chi connectivity index (χ0n) is 12.0. The second-order valence-electron chi connectivity index (χ2n) is 6.58. The number of ether oxygens (including phenoxy) is 1. The van der Waals surface area contributed by atoms with Crippen LogP contribution in [0.2, 0.25) is 0 Å². The van der Waals surface area contributed by atoms with E-state index in [1.54, 1.807) is 0 Å². The van der Waals surface area contributed by atoms with Crippen LogP contribution in [0, 0.1) is 17.8 Å². The molecule has 0 aromatic heterocycles. The first-order valence-electron chi connectivity index (χ1n) is 7.46. The summed E-state index contributed by atoms with van der Waals surface area (Å²) in [6.07, 6.45) is 5.53. The van der Waals surface area contributed by atoms with Crippen molar-refractivity contribution in [3.05, 3.63) is 0 Å². The maximum absolute atomic E-state index is 6.55. The van der Waals surface area contributed by atoms with E-state index in [4.69, 9.17) is 4.74 Å². The number of nitrogens with one attached hydrogen (secondary N) is 1. The van der Waals surface area contributed by atoms with Gasteiger partial charge in [0.05, 0.1) is 11.7 Å². The topological polar surface area (TPSA) is 21.3 Å². The van der Waals surface area contributed by atoms with E-state index < -0.39 is 0 Å². The molecule has 2 nitrogen and oxygen atoms in total. The summed E-state index contributed by atoms with van der Waals surface area (Å²) in [5.74, 6) is 2.29. The molecule has 2 aliphatic rings. The normalized spacial score (nSPS) is 43.2. The fourth-order valence-corrected chi connectivity index (χ4v) is 3.94. The van der Waals surface area contributed by atoms with Crippen LogP contribution in [0.3, 0.4) is 0 Å². The molecule has 0 aromatic carbocycles. The van der Waals surface area contributed by atoms with Crippen LogP contribution in [0.5, 0.6) is 0 Å². The van der Waals surface area contributed by atoms with Crippen molar-refractivity contribution in [2.24, 2.45) is 17.8 Å². The first kappa shape index (κ1) is 13.4. The van der Waals surface area contributed by atoms with Gasteiger partial charge in [-0.2, -0.15) is 0 Å². The SMILES string of the molecule is CCC1CNCC2(CC(C)CCC2C(C)C)O1. The fraction of sp³-hybridized carbons (Fsp3) is 1.00. The van der Waals surface area contributed by atoms with E-state index in [-0.39, 0.29) is 5.60 Å². The highest BCUT2D eigenvalue weighted by molar-refractivity contribution is 4.99. The molecule has 4 atom stereocenters. The standard InChI is InChI=1S/C15H29NO/c1-5-13-9-16-10-15(17-13)8-12(4)6-7-14(15)11(2)3/h11-14,16H,5-10H2,1-4H3. The average Bonchev–Trinajstić information content (AvgIpc) is 2.28. The van der Waals surface area contributed by atoms with Gasteiger partial charge < -0.3 is 10.1 Å². The molecule has 1 saturated carbocycles. The van der Waals surface area contributed by atoms with Crippen LogP contribution >= 0.6 is 0 Å². The van der Waals surface area contributed by atoms with Gasteiger partial charge in [0, 0.05) is 13.1 Å². The van der Waals surface area contributed by atoms with Crippen molar-refractivity contribution >= 4 is 0 Å². The minimum absolute atomic E-state index is 0.130. The van der Waals surface area contributed by atoms with Gasteiger partial charge in [0.2, 0.25) is 0 Å². The smallest absolute Gasteiger partial charge is 0.0843 e. The maximum Gasteiger partial charge on any atom is 0.0843 e. The molecule has 0 aromatic rings. The monoisotopic (exact) mass is 239 g/mol. The Bertz CT molecular complexity index is 253. The first-order valence-corrected chi connectivity index (χ1v) is 7.46. The summed E-state index contributed by atoms with van der Waals surface area (Å²) in [4.78, 5) is 0. The van der Waals surface area contributed by atoms with E-state index in [1.807, 2.05) is 0 Å². The van der Waals surface area contributed by atoms with E-state index in [2.05, 4.69) is 33.0 Å². The average molecular weight is 239 g/mol. The summed E-state index contributed by atoms with van der Waals surface area (Å²) < 4.78 is 6.55. The van der Waals surface area contributed by atoms with Crippen LogP contribution in [-0.2, 0) is 4.74 Å². The van der Waals surface area contributed by atoms with Crippen LogP contribution < -0.4 is 5.32 Å². The van der Waals surface area contributed by atoms with Gasteiger partial charge in [-0.05, 0) is 37.0 Å². The van der Waals surface area contributed by atoms with Gasteiger partial charge in [-0.3, -0.25) is 0 Å². The van der Waals surface area contributed by atoms with E-state index in [9.17, 15) is 0 Å². The molecule has 4 unspecified atom stereocenters. The van der Waals surface area contributed by atoms with E-state index >= 15 is 0 Å². The quantitative estimate of drug-likeness (QED) is 0.799. The zero-order chi connectivity index (χ0) is 12.5. The first-order chi connectivity index (χ1) is 8.07. The molecule has 1 N–H and O–H groups in total. The Kier molecular flexibility index (Phi) is 4.14. The predicted molar refractivity (Wildman–Crippen MR) is 72.1 cm³/mol. The van der Waals surface area contributed by atoms with Crippen molar-refractivity contribution in [2.75, 3.05) is 13.1 Å². The van der Waals surface area contributed by atoms with E-state index in [1.165, 1.54) is 19.3 Å². The number of hydrogen-bond acceptors (Lipinski definition) is 2. The molecule has 1 aliphatic carbocycles. The minimum Gasteiger partial charge on any atom is -0.369 e. The van der Waals surface area contributed by atoms with Gasteiger partial charge in [-0.1, -0.05) is 34.1 Å². The van der Waals surface area contributed by atoms with Crippen LogP contribution in [0.1, 0.15) is 53.4 Å². The van der Waals surface area contributed by atoms with E-state index in [0.717, 1.165) is 37.3 Å². The Hall–Kier alpha value is -0.0800. The maximum atomic E-state index is 6.55. The molecule has 17 heavy (non-hydrogen) atoms. The van der Waals surface area contributed by atoms with Gasteiger partial charge in [0.25, 0.3) is 0 Å². The van der Waals surface area contributed by atoms with Gasteiger partial charge >= 0.3 is 0 Å². The summed E-state index contributed by atoms with van der Waals surface area (Å²) in [6.45, 7) is 11.5. The summed E-state index contributed by atoms with van der Waals surface area (Å²) in [5, 5.41) is 3.63. The van der Waals surface area contributed by atoms with Crippen molar-refractivity contribution in [1.82, 2.24) is 5.32 Å². The zero-order valence-corrected chi connectivity index (χ0v) is 12.0. The summed E-state index contributed by atoms with van der Waals surface area (Å²) >= 11 is 0. The van der Waals surface area contributed by atoms with Crippen molar-refractivity contribution in [1.29, 1.82) is 0 Å². The number of rotatable bonds is 2. The summed E-state index contributed by atoms with van der Waals surface area (Å²) in [5.41, 5.74) is 0.130. The molecular formula is C15H29NO. The molecule has 0 bridgehead atoms. The third-order valence-electron chi connectivity index (χ3n) is 4.80. The number of morpholine rings is 1. The predicted octanol–water partition coefficient (Wildman–Crippen LogP) is 3.22. The van der Waals surface area contributed by atoms with Gasteiger partial charge in [-0.25, -0.2) is 0 Å². The Morgan fingerprint density at radius 2 is 2.12 bits per heavy atom. The van der Waals surface area contributed by atoms with Crippen LogP contribution in [0.25, 0.3) is 0 Å². The molecular weight excluding hydrogens is 210 g/mol. The van der Waals surface area contributed by atoms with Crippen molar-refractivity contribution in [2.45, 2.75) is 65.1 Å². The van der Waals surface area contributed by atoms with Crippen LogP contribution in [0.4, 0.5) is 0 Å². The molecule has 2 rings (SSSR count). The lowest BCUT2D eigenvalue weighted by atomic mass is 9.66. The molecule has 1 spiro atoms. The Morgan fingerprint density at radius 3 is 2.76 bits per heavy atom. The highest BCUT2D eigenvalue weighted by atomic mass is 16.5. The lowest BCUT2D eigenvalue weighted by Gasteiger charge is -2.52. The lowest BCUT2D eigenvalue weighted by Crippen LogP contribution is -2.60. The Morgan fingerprint density at radius 1 is 1.35 bits per heavy atom. The van der Waals surface area contributed by atoms with Gasteiger partial charge in [-0.15, -0.1) is 0 Å². The number of hydrogen-bond donors (Lipinski definition) is 1. The summed E-state index contributed by atoms with van der Waals surface area (Å²) in [7, 11) is 0. The van der Waals surface area contributed by atoms with Crippen molar-refractivity contribution in [3.8, 4) is 0 Å². The third-order valence-corrected chi connectivity index (χ3v) is 4.80. The van der Waals surface area contributed by atoms with Gasteiger partial charge in [0.1, 0.15) is 0 Å². The molecule has 2 fully saturated rings. The highest BCUT2D eigenvalue weighted by Crippen LogP contribution is 2.44. The molecule has 1 heterocycles. The largest absolute Gasteiger partial charge is 0.369 e. The molecule has 1 aliphatic heterocycles. The van der Waals surface area contributed by atoms with Crippen LogP contribution in [-0.4, -0.2) is 24.8 Å². The lowest BCUT2D eigenvalue weighted by molar-refractivity contribution is -0.180. The summed E-state index contributed by atoms with van der Waals surface area (Å²) in [6, 6.07) is 0.